The minimum atomic E-state index is -0.800. The van der Waals surface area contributed by atoms with Crippen LogP contribution in [0.15, 0.2) is 18.2 Å². The van der Waals surface area contributed by atoms with E-state index in [4.69, 9.17) is 33.0 Å². The number of halogens is 2. The number of aliphatic carboxylic acids is 1. The Morgan fingerprint density at radius 2 is 1.90 bits per heavy atom. The summed E-state index contributed by atoms with van der Waals surface area (Å²) < 4.78 is 5.60. The largest absolute Gasteiger partial charge is 0.489 e. The summed E-state index contributed by atoms with van der Waals surface area (Å²) in [4.78, 5) is 12.7. The van der Waals surface area contributed by atoms with E-state index in [1.165, 1.54) is 0 Å². The fourth-order valence-corrected chi connectivity index (χ4v) is 2.26. The Morgan fingerprint density at radius 3 is 2.40 bits per heavy atom. The highest BCUT2D eigenvalue weighted by molar-refractivity contribution is 6.37. The fourth-order valence-electron chi connectivity index (χ4n) is 1.75. The van der Waals surface area contributed by atoms with Gasteiger partial charge in [0.05, 0.1) is 16.5 Å². The number of carboxylic acid groups (broad SMARTS) is 1. The van der Waals surface area contributed by atoms with Crippen molar-refractivity contribution in [2.75, 3.05) is 19.7 Å². The van der Waals surface area contributed by atoms with Gasteiger partial charge in [0.1, 0.15) is 6.61 Å². The third-order valence-corrected chi connectivity index (χ3v) is 3.48. The first-order chi connectivity index (χ1) is 9.41. The summed E-state index contributed by atoms with van der Waals surface area (Å²) in [6, 6.07) is 5.44. The molecule has 0 saturated carbocycles. The molecule has 0 atom stereocenters. The van der Waals surface area contributed by atoms with Crippen LogP contribution in [0.4, 0.5) is 0 Å². The molecular formula is C14H19Cl2NO3. The summed E-state index contributed by atoms with van der Waals surface area (Å²) in [5.74, 6) is -0.330. The summed E-state index contributed by atoms with van der Waals surface area (Å²) in [6.45, 7) is 5.55. The third kappa shape index (κ3) is 5.57. The molecule has 0 aliphatic carbocycles. The molecule has 0 aliphatic rings. The molecular weight excluding hydrogens is 301 g/mol. The third-order valence-electron chi connectivity index (χ3n) is 2.89. The lowest BCUT2D eigenvalue weighted by atomic mass is 10.3. The molecule has 0 heterocycles. The molecule has 4 nitrogen and oxygen atoms in total. The van der Waals surface area contributed by atoms with Crippen LogP contribution < -0.4 is 4.74 Å². The molecule has 6 heteroatoms. The Labute approximate surface area is 129 Å². The van der Waals surface area contributed by atoms with Crippen molar-refractivity contribution in [3.63, 3.8) is 0 Å². The highest BCUT2D eigenvalue weighted by atomic mass is 35.5. The molecule has 0 bridgehead atoms. The van der Waals surface area contributed by atoms with Crippen LogP contribution in [0.5, 0.6) is 5.75 Å². The normalized spacial score (nSPS) is 11.1. The van der Waals surface area contributed by atoms with E-state index in [1.807, 2.05) is 18.7 Å². The van der Waals surface area contributed by atoms with E-state index in [-0.39, 0.29) is 12.5 Å². The first-order valence-electron chi connectivity index (χ1n) is 6.44. The summed E-state index contributed by atoms with van der Waals surface area (Å²) in [5, 5.41) is 9.67. The van der Waals surface area contributed by atoms with Crippen molar-refractivity contribution in [1.29, 1.82) is 0 Å². The van der Waals surface area contributed by atoms with Crippen molar-refractivity contribution in [1.82, 2.24) is 4.90 Å². The molecule has 0 amide bonds. The van der Waals surface area contributed by atoms with Crippen LogP contribution in [0.25, 0.3) is 0 Å². The number of para-hydroxylation sites is 1. The molecule has 0 spiro atoms. The maximum atomic E-state index is 10.6. The number of benzene rings is 1. The number of carboxylic acids is 1. The van der Waals surface area contributed by atoms with E-state index in [2.05, 4.69) is 0 Å². The SMILES string of the molecule is CC(C)N(CCOc1c(Cl)cccc1Cl)CCC(=O)O. The number of nitrogens with zero attached hydrogens (tertiary/aromatic N) is 1. The van der Waals surface area contributed by atoms with Crippen LogP contribution in [0.2, 0.25) is 10.0 Å². The maximum Gasteiger partial charge on any atom is 0.304 e. The van der Waals surface area contributed by atoms with Gasteiger partial charge >= 0.3 is 5.97 Å². The van der Waals surface area contributed by atoms with E-state index in [1.54, 1.807) is 18.2 Å². The minimum Gasteiger partial charge on any atom is -0.489 e. The van der Waals surface area contributed by atoms with Crippen LogP contribution in [0.1, 0.15) is 20.3 Å². The van der Waals surface area contributed by atoms with Crippen LogP contribution in [0, 0.1) is 0 Å². The number of ether oxygens (including phenoxy) is 1. The highest BCUT2D eigenvalue weighted by Crippen LogP contribution is 2.32. The Bertz CT molecular complexity index is 432. The molecule has 0 radical (unpaired) electrons. The molecule has 1 aromatic rings. The Balaban J connectivity index is 2.50. The van der Waals surface area contributed by atoms with Gasteiger partial charge in [-0.2, -0.15) is 0 Å². The van der Waals surface area contributed by atoms with Crippen LogP contribution >= 0.6 is 23.2 Å². The van der Waals surface area contributed by atoms with Crippen molar-refractivity contribution in [3.8, 4) is 5.75 Å². The molecule has 0 saturated heterocycles. The standard InChI is InChI=1S/C14H19Cl2NO3/c1-10(2)17(7-6-13(18)19)8-9-20-14-11(15)4-3-5-12(14)16/h3-5,10H,6-9H2,1-2H3,(H,18,19). The molecule has 20 heavy (non-hydrogen) atoms. The summed E-state index contributed by atoms with van der Waals surface area (Å²) in [5.41, 5.74) is 0. The van der Waals surface area contributed by atoms with Crippen molar-refractivity contribution in [3.05, 3.63) is 28.2 Å². The molecule has 0 fully saturated rings. The maximum absolute atomic E-state index is 10.6. The van der Waals surface area contributed by atoms with Gasteiger partial charge in [-0.15, -0.1) is 0 Å². The van der Waals surface area contributed by atoms with Crippen LogP contribution in [-0.4, -0.2) is 41.7 Å². The lowest BCUT2D eigenvalue weighted by Gasteiger charge is -2.25. The predicted octanol–water partition coefficient (Wildman–Crippen LogP) is 3.56. The smallest absolute Gasteiger partial charge is 0.304 e. The Morgan fingerprint density at radius 1 is 1.30 bits per heavy atom. The molecule has 0 aromatic heterocycles. The average Bonchev–Trinajstić information content (AvgIpc) is 2.35. The topological polar surface area (TPSA) is 49.8 Å². The van der Waals surface area contributed by atoms with Gasteiger partial charge in [0, 0.05) is 19.1 Å². The lowest BCUT2D eigenvalue weighted by Crippen LogP contribution is -2.36. The Hall–Kier alpha value is -0.970. The average molecular weight is 320 g/mol. The second-order valence-corrected chi connectivity index (χ2v) is 5.49. The van der Waals surface area contributed by atoms with Crippen molar-refractivity contribution in [2.24, 2.45) is 0 Å². The first kappa shape index (κ1) is 17.1. The van der Waals surface area contributed by atoms with Gasteiger partial charge in [0.15, 0.2) is 5.75 Å². The summed E-state index contributed by atoms with van der Waals surface area (Å²) in [6.07, 6.45) is 0.116. The zero-order chi connectivity index (χ0) is 15.1. The van der Waals surface area contributed by atoms with Crippen LogP contribution in [0.3, 0.4) is 0 Å². The molecule has 0 aliphatic heterocycles. The fraction of sp³-hybridized carbons (Fsp3) is 0.500. The zero-order valence-electron chi connectivity index (χ0n) is 11.6. The molecule has 1 rings (SSSR count). The van der Waals surface area contributed by atoms with Gasteiger partial charge in [-0.25, -0.2) is 0 Å². The van der Waals surface area contributed by atoms with Gasteiger partial charge in [-0.05, 0) is 26.0 Å². The van der Waals surface area contributed by atoms with E-state index in [0.717, 1.165) is 0 Å². The molecule has 1 N–H and O–H groups in total. The van der Waals surface area contributed by atoms with Gasteiger partial charge in [0.2, 0.25) is 0 Å². The second-order valence-electron chi connectivity index (χ2n) is 4.67. The Kier molecular flexibility index (Phi) is 7.13. The quantitative estimate of drug-likeness (QED) is 0.796. The highest BCUT2D eigenvalue weighted by Gasteiger charge is 2.12. The van der Waals surface area contributed by atoms with Crippen LogP contribution in [-0.2, 0) is 4.79 Å². The van der Waals surface area contributed by atoms with Gasteiger partial charge in [-0.1, -0.05) is 29.3 Å². The van der Waals surface area contributed by atoms with Crippen molar-refractivity contribution < 1.29 is 14.6 Å². The lowest BCUT2D eigenvalue weighted by molar-refractivity contribution is -0.137. The predicted molar refractivity (Wildman–Crippen MR) is 80.9 cm³/mol. The van der Waals surface area contributed by atoms with Gasteiger partial charge in [-0.3, -0.25) is 9.69 Å². The first-order valence-corrected chi connectivity index (χ1v) is 7.20. The summed E-state index contributed by atoms with van der Waals surface area (Å²) >= 11 is 12.0. The van der Waals surface area contributed by atoms with Crippen molar-refractivity contribution >= 4 is 29.2 Å². The van der Waals surface area contributed by atoms with Gasteiger partial charge in [0.25, 0.3) is 0 Å². The zero-order valence-corrected chi connectivity index (χ0v) is 13.1. The number of hydrogen-bond donors (Lipinski definition) is 1. The molecule has 1 aromatic carbocycles. The summed E-state index contributed by atoms with van der Waals surface area (Å²) in [7, 11) is 0. The molecule has 112 valence electrons. The van der Waals surface area contributed by atoms with E-state index in [0.29, 0.717) is 35.5 Å². The number of rotatable bonds is 8. The van der Waals surface area contributed by atoms with E-state index < -0.39 is 5.97 Å². The van der Waals surface area contributed by atoms with Gasteiger partial charge < -0.3 is 9.84 Å². The van der Waals surface area contributed by atoms with Crippen molar-refractivity contribution in [2.45, 2.75) is 26.3 Å². The van der Waals surface area contributed by atoms with E-state index in [9.17, 15) is 4.79 Å². The minimum absolute atomic E-state index is 0.116. The number of hydrogen-bond acceptors (Lipinski definition) is 3. The van der Waals surface area contributed by atoms with E-state index >= 15 is 0 Å². The number of carbonyl (C=O) groups is 1. The second kappa shape index (κ2) is 8.35. The molecule has 0 unspecified atom stereocenters. The monoisotopic (exact) mass is 319 g/mol.